The second-order valence-electron chi connectivity index (χ2n) is 7.18. The Kier molecular flexibility index (Phi) is 7.46. The van der Waals surface area contributed by atoms with Crippen LogP contribution < -0.4 is 5.32 Å². The van der Waals surface area contributed by atoms with Gasteiger partial charge in [0.25, 0.3) is 0 Å². The van der Waals surface area contributed by atoms with Gasteiger partial charge in [-0.2, -0.15) is 4.31 Å². The maximum absolute atomic E-state index is 13.0. The Morgan fingerprint density at radius 2 is 2.12 bits per heavy atom. The first-order valence-corrected chi connectivity index (χ1v) is 13.6. The van der Waals surface area contributed by atoms with Gasteiger partial charge in [-0.3, -0.25) is 0 Å². The Morgan fingerprint density at radius 3 is 2.88 bits per heavy atom. The first-order valence-electron chi connectivity index (χ1n) is 10.4. The molecule has 3 aromatic rings. The molecule has 0 saturated carbocycles. The number of aryl methyl sites for hydroxylation is 1. The highest BCUT2D eigenvalue weighted by molar-refractivity contribution is 8.00. The molecule has 32 heavy (non-hydrogen) atoms. The van der Waals surface area contributed by atoms with Crippen molar-refractivity contribution < 1.29 is 13.2 Å². The van der Waals surface area contributed by atoms with Gasteiger partial charge in [-0.05, 0) is 24.6 Å². The normalized spacial score (nSPS) is 15.3. The van der Waals surface area contributed by atoms with Crippen LogP contribution in [0.1, 0.15) is 19.2 Å². The number of hydrogen-bond acceptors (Lipinski definition) is 9. The molecule has 1 saturated heterocycles. The number of hydrogen-bond donors (Lipinski definition) is 1. The van der Waals surface area contributed by atoms with Crippen molar-refractivity contribution in [2.75, 3.05) is 38.2 Å². The minimum atomic E-state index is -3.56. The molecule has 0 unspecified atom stereocenters. The van der Waals surface area contributed by atoms with E-state index in [1.807, 2.05) is 6.07 Å². The van der Waals surface area contributed by atoms with E-state index in [4.69, 9.17) is 9.72 Å². The third-order valence-corrected chi connectivity index (χ3v) is 8.89. The van der Waals surface area contributed by atoms with Gasteiger partial charge in [0.05, 0.1) is 34.9 Å². The molecule has 3 heterocycles. The lowest BCUT2D eigenvalue weighted by atomic mass is 10.3. The van der Waals surface area contributed by atoms with E-state index in [0.29, 0.717) is 44.1 Å². The number of ether oxygens (including phenoxy) is 1. The van der Waals surface area contributed by atoms with E-state index in [2.05, 4.69) is 33.6 Å². The zero-order valence-electron chi connectivity index (χ0n) is 17.9. The van der Waals surface area contributed by atoms with Gasteiger partial charge in [0.2, 0.25) is 15.2 Å². The lowest BCUT2D eigenvalue weighted by molar-refractivity contribution is 0.0730. The highest BCUT2D eigenvalue weighted by Crippen LogP contribution is 2.30. The van der Waals surface area contributed by atoms with Crippen LogP contribution in [-0.4, -0.2) is 65.3 Å². The van der Waals surface area contributed by atoms with Crippen LogP contribution in [0.2, 0.25) is 0 Å². The molecule has 1 aliphatic heterocycles. The fourth-order valence-corrected chi connectivity index (χ4v) is 6.60. The Morgan fingerprint density at radius 1 is 1.31 bits per heavy atom. The standard InChI is InChI=1S/C20H26N6O3S3/c1-3-7-21-19-23-24-20(31-19)30-14-18-22-16-13-15(5-6-17(16)26(18)8-4-2)32(27,28)25-9-11-29-12-10-25/h3,5-6,13H,1,4,7-12,14H2,2H3,(H,21,23). The molecule has 4 rings (SSSR count). The quantitative estimate of drug-likeness (QED) is 0.339. The van der Waals surface area contributed by atoms with Gasteiger partial charge < -0.3 is 14.6 Å². The monoisotopic (exact) mass is 494 g/mol. The Balaban J connectivity index is 1.57. The summed E-state index contributed by atoms with van der Waals surface area (Å²) in [4.78, 5) is 5.06. The van der Waals surface area contributed by atoms with Gasteiger partial charge in [0, 0.05) is 26.2 Å². The largest absolute Gasteiger partial charge is 0.379 e. The molecule has 0 amide bonds. The van der Waals surface area contributed by atoms with Gasteiger partial charge in [0.15, 0.2) is 4.34 Å². The average molecular weight is 495 g/mol. The molecule has 0 bridgehead atoms. The number of anilines is 1. The molecule has 1 aliphatic rings. The predicted molar refractivity (Wildman–Crippen MR) is 128 cm³/mol. The van der Waals surface area contributed by atoms with Crippen LogP contribution in [0.3, 0.4) is 0 Å². The van der Waals surface area contributed by atoms with Crippen molar-refractivity contribution in [3.63, 3.8) is 0 Å². The summed E-state index contributed by atoms with van der Waals surface area (Å²) in [6.45, 7) is 8.84. The average Bonchev–Trinajstić information content (AvgIpc) is 3.41. The molecule has 1 aromatic carbocycles. The Labute approximate surface area is 195 Å². The molecule has 172 valence electrons. The number of thioether (sulfide) groups is 1. The van der Waals surface area contributed by atoms with Crippen LogP contribution in [0.25, 0.3) is 11.0 Å². The number of benzene rings is 1. The third-order valence-electron chi connectivity index (χ3n) is 4.98. The summed E-state index contributed by atoms with van der Waals surface area (Å²) in [6, 6.07) is 5.23. The predicted octanol–water partition coefficient (Wildman–Crippen LogP) is 3.21. The zero-order chi connectivity index (χ0) is 22.6. The Bertz CT molecular complexity index is 1180. The topological polar surface area (TPSA) is 102 Å². The summed E-state index contributed by atoms with van der Waals surface area (Å²) >= 11 is 3.06. The van der Waals surface area contributed by atoms with E-state index in [0.717, 1.165) is 33.8 Å². The minimum absolute atomic E-state index is 0.273. The van der Waals surface area contributed by atoms with Crippen molar-refractivity contribution in [2.24, 2.45) is 0 Å². The summed E-state index contributed by atoms with van der Waals surface area (Å²) in [5, 5.41) is 12.2. The van der Waals surface area contributed by atoms with Crippen molar-refractivity contribution in [1.82, 2.24) is 24.1 Å². The summed E-state index contributed by atoms with van der Waals surface area (Å²) in [5.74, 6) is 1.51. The molecule has 0 spiro atoms. The lowest BCUT2D eigenvalue weighted by Crippen LogP contribution is -2.40. The van der Waals surface area contributed by atoms with Crippen LogP contribution in [0.15, 0.2) is 40.1 Å². The van der Waals surface area contributed by atoms with Crippen LogP contribution in [0.5, 0.6) is 0 Å². The van der Waals surface area contributed by atoms with Gasteiger partial charge in [-0.15, -0.1) is 16.8 Å². The van der Waals surface area contributed by atoms with Gasteiger partial charge >= 0.3 is 0 Å². The van der Waals surface area contributed by atoms with Crippen LogP contribution in [0.4, 0.5) is 5.13 Å². The molecule has 0 radical (unpaired) electrons. The number of fused-ring (bicyclic) bond motifs is 1. The molecule has 0 atom stereocenters. The lowest BCUT2D eigenvalue weighted by Gasteiger charge is -2.26. The molecule has 12 heteroatoms. The number of rotatable bonds is 10. The van der Waals surface area contributed by atoms with Gasteiger partial charge in [0.1, 0.15) is 5.82 Å². The summed E-state index contributed by atoms with van der Waals surface area (Å²) < 4.78 is 35.9. The van der Waals surface area contributed by atoms with Crippen LogP contribution in [-0.2, 0) is 27.1 Å². The van der Waals surface area contributed by atoms with E-state index in [-0.39, 0.29) is 4.90 Å². The molecular weight excluding hydrogens is 468 g/mol. The van der Waals surface area contributed by atoms with E-state index >= 15 is 0 Å². The maximum Gasteiger partial charge on any atom is 0.243 e. The van der Waals surface area contributed by atoms with Crippen molar-refractivity contribution in [3.05, 3.63) is 36.7 Å². The summed E-state index contributed by atoms with van der Waals surface area (Å²) in [5.41, 5.74) is 1.63. The van der Waals surface area contributed by atoms with Crippen LogP contribution in [0, 0.1) is 0 Å². The van der Waals surface area contributed by atoms with Crippen molar-refractivity contribution in [1.29, 1.82) is 0 Å². The van der Waals surface area contributed by atoms with E-state index in [1.165, 1.54) is 15.6 Å². The fraction of sp³-hybridized carbons (Fsp3) is 0.450. The van der Waals surface area contributed by atoms with Gasteiger partial charge in [-0.1, -0.05) is 36.1 Å². The highest BCUT2D eigenvalue weighted by atomic mass is 32.2. The van der Waals surface area contributed by atoms with Gasteiger partial charge in [-0.25, -0.2) is 13.4 Å². The number of sulfonamides is 1. The van der Waals surface area contributed by atoms with E-state index in [1.54, 1.807) is 30.0 Å². The fourth-order valence-electron chi connectivity index (χ4n) is 3.46. The molecule has 1 N–H and O–H groups in total. The number of morpholine rings is 1. The van der Waals surface area contributed by atoms with Crippen molar-refractivity contribution >= 4 is 49.3 Å². The molecule has 1 fully saturated rings. The minimum Gasteiger partial charge on any atom is -0.379 e. The van der Waals surface area contributed by atoms with E-state index in [9.17, 15) is 8.42 Å². The zero-order valence-corrected chi connectivity index (χ0v) is 20.3. The molecule has 9 nitrogen and oxygen atoms in total. The van der Waals surface area contributed by atoms with Crippen LogP contribution >= 0.6 is 23.1 Å². The second-order valence-corrected chi connectivity index (χ2v) is 11.3. The number of aromatic nitrogens is 4. The smallest absolute Gasteiger partial charge is 0.243 e. The summed E-state index contributed by atoms with van der Waals surface area (Å²) in [6.07, 6.45) is 2.72. The number of nitrogens with zero attached hydrogens (tertiary/aromatic N) is 5. The molecular formula is C20H26N6O3S3. The summed E-state index contributed by atoms with van der Waals surface area (Å²) in [7, 11) is -3.56. The number of nitrogens with one attached hydrogen (secondary N) is 1. The molecule has 2 aromatic heterocycles. The van der Waals surface area contributed by atoms with Crippen molar-refractivity contribution in [2.45, 2.75) is 34.9 Å². The van der Waals surface area contributed by atoms with Crippen molar-refractivity contribution in [3.8, 4) is 0 Å². The third kappa shape index (κ3) is 4.99. The molecule has 0 aliphatic carbocycles. The SMILES string of the molecule is C=CCNc1nnc(SCc2nc3cc(S(=O)(=O)N4CCOCC4)ccc3n2CCC)s1. The maximum atomic E-state index is 13.0. The number of imidazole rings is 1. The first kappa shape index (κ1) is 23.2. The van der Waals surface area contributed by atoms with E-state index < -0.39 is 10.0 Å². The second kappa shape index (κ2) is 10.3. The Hall–Kier alpha value is -1.99. The first-order chi connectivity index (χ1) is 15.5. The highest BCUT2D eigenvalue weighted by Gasteiger charge is 2.27.